The first kappa shape index (κ1) is 15.1. The van der Waals surface area contributed by atoms with Gasteiger partial charge in [-0.2, -0.15) is 0 Å². The highest BCUT2D eigenvalue weighted by atomic mass is 16.6. The van der Waals surface area contributed by atoms with Crippen molar-refractivity contribution in [3.8, 4) is 0 Å². The van der Waals surface area contributed by atoms with Crippen LogP contribution >= 0.6 is 0 Å². The molecule has 0 aliphatic carbocycles. The van der Waals surface area contributed by atoms with Crippen molar-refractivity contribution in [1.82, 2.24) is 10.6 Å². The fourth-order valence-electron chi connectivity index (χ4n) is 1.69. The van der Waals surface area contributed by atoms with Crippen molar-refractivity contribution in [3.63, 3.8) is 0 Å². The minimum atomic E-state index is -0.465. The van der Waals surface area contributed by atoms with E-state index in [2.05, 4.69) is 10.6 Å². The lowest BCUT2D eigenvalue weighted by Crippen LogP contribution is -2.28. The summed E-state index contributed by atoms with van der Waals surface area (Å²) in [6.45, 7) is 4.35. The van der Waals surface area contributed by atoms with Crippen molar-refractivity contribution in [3.05, 3.63) is 39.9 Å². The minimum absolute atomic E-state index is 0.00898. The third-order valence-corrected chi connectivity index (χ3v) is 2.64. The molecule has 104 valence electrons. The predicted octanol–water partition coefficient (Wildman–Crippen LogP) is 1.25. The Morgan fingerprint density at radius 2 is 2.05 bits per heavy atom. The quantitative estimate of drug-likeness (QED) is 0.421. The average molecular weight is 265 g/mol. The Kier molecular flexibility index (Phi) is 6.52. The molecule has 6 nitrogen and oxygen atoms in total. The Bertz CT molecular complexity index is 435. The summed E-state index contributed by atoms with van der Waals surface area (Å²) in [7, 11) is 0. The number of nitrogens with zero attached hydrogens (tertiary/aromatic N) is 1. The van der Waals surface area contributed by atoms with E-state index in [1.807, 2.05) is 6.92 Å². The summed E-state index contributed by atoms with van der Waals surface area (Å²) in [6, 6.07) is 6.31. The standard InChI is InChI=1S/C13H19N3O3/c1-2-14-8-5-9-15-13(17)10-11-6-3-4-7-12(11)16(18)19/h3-4,6-7,14H,2,5,8-10H2,1H3,(H,15,17). The Labute approximate surface area is 112 Å². The highest BCUT2D eigenvalue weighted by molar-refractivity contribution is 5.79. The molecule has 0 fully saturated rings. The number of nitro groups is 1. The van der Waals surface area contributed by atoms with Gasteiger partial charge in [-0.05, 0) is 19.5 Å². The highest BCUT2D eigenvalue weighted by Gasteiger charge is 2.14. The fraction of sp³-hybridized carbons (Fsp3) is 0.462. The number of benzene rings is 1. The number of nitro benzene ring substituents is 1. The number of amides is 1. The Morgan fingerprint density at radius 3 is 2.74 bits per heavy atom. The lowest BCUT2D eigenvalue weighted by molar-refractivity contribution is -0.385. The zero-order chi connectivity index (χ0) is 14.1. The minimum Gasteiger partial charge on any atom is -0.356 e. The number of para-hydroxylation sites is 1. The van der Waals surface area contributed by atoms with E-state index in [1.54, 1.807) is 18.2 Å². The summed E-state index contributed by atoms with van der Waals surface area (Å²) >= 11 is 0. The monoisotopic (exact) mass is 265 g/mol. The van der Waals surface area contributed by atoms with Crippen molar-refractivity contribution < 1.29 is 9.72 Å². The van der Waals surface area contributed by atoms with Crippen LogP contribution in [0.15, 0.2) is 24.3 Å². The summed E-state index contributed by atoms with van der Waals surface area (Å²) < 4.78 is 0. The average Bonchev–Trinajstić information content (AvgIpc) is 2.39. The maximum absolute atomic E-state index is 11.7. The van der Waals surface area contributed by atoms with Crippen molar-refractivity contribution >= 4 is 11.6 Å². The van der Waals surface area contributed by atoms with Gasteiger partial charge in [-0.3, -0.25) is 14.9 Å². The largest absolute Gasteiger partial charge is 0.356 e. The molecule has 1 aromatic rings. The van der Waals surface area contributed by atoms with Crippen molar-refractivity contribution in [2.45, 2.75) is 19.8 Å². The van der Waals surface area contributed by atoms with Crippen molar-refractivity contribution in [1.29, 1.82) is 0 Å². The summed E-state index contributed by atoms with van der Waals surface area (Å²) in [5, 5.41) is 16.7. The Hall–Kier alpha value is -1.95. The van der Waals surface area contributed by atoms with Crippen LogP contribution in [0.2, 0.25) is 0 Å². The first-order valence-electron chi connectivity index (χ1n) is 6.35. The molecule has 19 heavy (non-hydrogen) atoms. The van der Waals surface area contributed by atoms with E-state index < -0.39 is 4.92 Å². The van der Waals surface area contributed by atoms with Gasteiger partial charge in [-0.1, -0.05) is 25.1 Å². The summed E-state index contributed by atoms with van der Waals surface area (Å²) in [5.74, 6) is -0.189. The molecule has 6 heteroatoms. The number of hydrogen-bond donors (Lipinski definition) is 2. The van der Waals surface area contributed by atoms with Gasteiger partial charge in [-0.15, -0.1) is 0 Å². The van der Waals surface area contributed by atoms with Gasteiger partial charge in [0.2, 0.25) is 5.91 Å². The van der Waals surface area contributed by atoms with Gasteiger partial charge in [0, 0.05) is 18.2 Å². The molecular weight excluding hydrogens is 246 g/mol. The Morgan fingerprint density at radius 1 is 1.32 bits per heavy atom. The number of rotatable bonds is 8. The molecule has 1 amide bonds. The molecule has 0 aliphatic rings. The highest BCUT2D eigenvalue weighted by Crippen LogP contribution is 2.17. The second kappa shape index (κ2) is 8.20. The van der Waals surface area contributed by atoms with Crippen LogP contribution in [-0.4, -0.2) is 30.5 Å². The molecule has 1 rings (SSSR count). The van der Waals surface area contributed by atoms with Crippen LogP contribution in [0.3, 0.4) is 0 Å². The zero-order valence-corrected chi connectivity index (χ0v) is 11.0. The molecule has 0 spiro atoms. The number of hydrogen-bond acceptors (Lipinski definition) is 4. The van der Waals surface area contributed by atoms with Gasteiger partial charge in [0.25, 0.3) is 5.69 Å². The number of carbonyl (C=O) groups is 1. The molecule has 1 aromatic carbocycles. The fourth-order valence-corrected chi connectivity index (χ4v) is 1.69. The van der Waals surface area contributed by atoms with Crippen LogP contribution in [0.4, 0.5) is 5.69 Å². The molecule has 0 unspecified atom stereocenters. The smallest absolute Gasteiger partial charge is 0.273 e. The lowest BCUT2D eigenvalue weighted by Gasteiger charge is -2.06. The first-order valence-corrected chi connectivity index (χ1v) is 6.35. The summed E-state index contributed by atoms with van der Waals surface area (Å²) in [4.78, 5) is 22.0. The molecule has 0 aliphatic heterocycles. The SMILES string of the molecule is CCNCCCNC(=O)Cc1ccccc1[N+](=O)[O-]. The van der Waals surface area contributed by atoms with Crippen LogP contribution in [0, 0.1) is 10.1 Å². The molecule has 0 aromatic heterocycles. The number of carbonyl (C=O) groups excluding carboxylic acids is 1. The van der Waals surface area contributed by atoms with E-state index in [0.29, 0.717) is 12.1 Å². The number of nitrogens with one attached hydrogen (secondary N) is 2. The maximum atomic E-state index is 11.7. The van der Waals surface area contributed by atoms with Crippen LogP contribution in [0.1, 0.15) is 18.9 Å². The topological polar surface area (TPSA) is 84.3 Å². The molecule has 0 heterocycles. The normalized spacial score (nSPS) is 10.2. The van der Waals surface area contributed by atoms with Gasteiger partial charge in [0.05, 0.1) is 11.3 Å². The van der Waals surface area contributed by atoms with E-state index in [0.717, 1.165) is 19.5 Å². The zero-order valence-electron chi connectivity index (χ0n) is 11.0. The third kappa shape index (κ3) is 5.48. The van der Waals surface area contributed by atoms with Gasteiger partial charge < -0.3 is 10.6 Å². The van der Waals surface area contributed by atoms with E-state index in [1.165, 1.54) is 6.07 Å². The molecular formula is C13H19N3O3. The molecule has 0 radical (unpaired) electrons. The van der Waals surface area contributed by atoms with E-state index in [9.17, 15) is 14.9 Å². The second-order valence-electron chi connectivity index (χ2n) is 4.12. The molecule has 0 bridgehead atoms. The lowest BCUT2D eigenvalue weighted by atomic mass is 10.1. The second-order valence-corrected chi connectivity index (χ2v) is 4.12. The first-order chi connectivity index (χ1) is 9.15. The molecule has 0 saturated heterocycles. The van der Waals surface area contributed by atoms with Crippen LogP contribution in [-0.2, 0) is 11.2 Å². The molecule has 2 N–H and O–H groups in total. The van der Waals surface area contributed by atoms with E-state index in [-0.39, 0.29) is 18.0 Å². The van der Waals surface area contributed by atoms with Gasteiger partial charge >= 0.3 is 0 Å². The Balaban J connectivity index is 2.42. The van der Waals surface area contributed by atoms with E-state index >= 15 is 0 Å². The summed E-state index contributed by atoms with van der Waals surface area (Å²) in [6.07, 6.45) is 0.884. The van der Waals surface area contributed by atoms with Crippen LogP contribution in [0.5, 0.6) is 0 Å². The van der Waals surface area contributed by atoms with Crippen LogP contribution < -0.4 is 10.6 Å². The maximum Gasteiger partial charge on any atom is 0.273 e. The van der Waals surface area contributed by atoms with Gasteiger partial charge in [0.15, 0.2) is 0 Å². The predicted molar refractivity (Wildman–Crippen MR) is 73.0 cm³/mol. The van der Waals surface area contributed by atoms with Crippen molar-refractivity contribution in [2.75, 3.05) is 19.6 Å². The molecule has 0 atom stereocenters. The van der Waals surface area contributed by atoms with Crippen LogP contribution in [0.25, 0.3) is 0 Å². The van der Waals surface area contributed by atoms with Gasteiger partial charge in [-0.25, -0.2) is 0 Å². The summed E-state index contributed by atoms with van der Waals surface area (Å²) in [5.41, 5.74) is 0.432. The molecule has 0 saturated carbocycles. The van der Waals surface area contributed by atoms with Gasteiger partial charge in [0.1, 0.15) is 0 Å². The third-order valence-electron chi connectivity index (χ3n) is 2.64. The van der Waals surface area contributed by atoms with E-state index in [4.69, 9.17) is 0 Å². The van der Waals surface area contributed by atoms with Crippen molar-refractivity contribution in [2.24, 2.45) is 0 Å².